The lowest BCUT2D eigenvalue weighted by Crippen LogP contribution is -2.27. The molecule has 1 atom stereocenters. The molecule has 1 rings (SSSR count). The van der Waals surface area contributed by atoms with E-state index in [-0.39, 0.29) is 12.6 Å². The van der Waals surface area contributed by atoms with Gasteiger partial charge in [0.2, 0.25) is 0 Å². The largest absolute Gasteiger partial charge is 0.394 e. The normalized spacial score (nSPS) is 13.1. The number of aliphatic hydroxyl groups is 1. The third-order valence-corrected chi connectivity index (χ3v) is 2.16. The van der Waals surface area contributed by atoms with Gasteiger partial charge in [-0.1, -0.05) is 44.2 Å². The molecule has 1 aromatic carbocycles. The molecule has 0 fully saturated rings. The molecule has 1 aromatic rings. The Kier molecular flexibility index (Phi) is 4.63. The van der Waals surface area contributed by atoms with Crippen LogP contribution in [0, 0.1) is 5.92 Å². The van der Waals surface area contributed by atoms with Gasteiger partial charge in [0.15, 0.2) is 0 Å². The second-order valence-electron chi connectivity index (χ2n) is 3.95. The first-order chi connectivity index (χ1) is 6.74. The molecule has 0 saturated carbocycles. The highest BCUT2D eigenvalue weighted by molar-refractivity contribution is 5.18. The standard InChI is InChI=1S/C12H19NO/c1-10(2)8-13-12(9-14)11-6-4-3-5-7-11/h3-7,10,12-14H,8-9H2,1-2H3/t12-/m1/s1. The van der Waals surface area contributed by atoms with Crippen LogP contribution in [-0.2, 0) is 0 Å². The van der Waals surface area contributed by atoms with Gasteiger partial charge in [-0.2, -0.15) is 0 Å². The molecular weight excluding hydrogens is 174 g/mol. The summed E-state index contributed by atoms with van der Waals surface area (Å²) in [5.41, 5.74) is 1.15. The molecule has 0 bridgehead atoms. The maximum Gasteiger partial charge on any atom is 0.0626 e. The fourth-order valence-corrected chi connectivity index (χ4v) is 1.35. The van der Waals surface area contributed by atoms with Gasteiger partial charge in [-0.15, -0.1) is 0 Å². The smallest absolute Gasteiger partial charge is 0.0626 e. The molecule has 14 heavy (non-hydrogen) atoms. The molecule has 2 heteroatoms. The molecule has 0 amide bonds. The first kappa shape index (κ1) is 11.2. The van der Waals surface area contributed by atoms with Crippen LogP contribution < -0.4 is 5.32 Å². The van der Waals surface area contributed by atoms with E-state index in [4.69, 9.17) is 0 Å². The summed E-state index contributed by atoms with van der Waals surface area (Å²) in [6.45, 7) is 5.40. The topological polar surface area (TPSA) is 32.3 Å². The molecular formula is C12H19NO. The molecule has 2 nitrogen and oxygen atoms in total. The Morgan fingerprint density at radius 3 is 2.36 bits per heavy atom. The van der Waals surface area contributed by atoms with Crippen molar-refractivity contribution in [3.05, 3.63) is 35.9 Å². The van der Waals surface area contributed by atoms with E-state index in [2.05, 4.69) is 19.2 Å². The highest BCUT2D eigenvalue weighted by Crippen LogP contribution is 2.11. The molecule has 0 aliphatic carbocycles. The van der Waals surface area contributed by atoms with Crippen LogP contribution in [0.2, 0.25) is 0 Å². The van der Waals surface area contributed by atoms with Gasteiger partial charge >= 0.3 is 0 Å². The van der Waals surface area contributed by atoms with Crippen molar-refractivity contribution in [2.75, 3.05) is 13.2 Å². The molecule has 0 unspecified atom stereocenters. The van der Waals surface area contributed by atoms with E-state index in [1.54, 1.807) is 0 Å². The highest BCUT2D eigenvalue weighted by Gasteiger charge is 2.08. The number of aliphatic hydroxyl groups excluding tert-OH is 1. The van der Waals surface area contributed by atoms with Crippen LogP contribution in [-0.4, -0.2) is 18.3 Å². The van der Waals surface area contributed by atoms with Crippen molar-refractivity contribution in [2.24, 2.45) is 5.92 Å². The van der Waals surface area contributed by atoms with Crippen LogP contribution >= 0.6 is 0 Å². The van der Waals surface area contributed by atoms with Gasteiger partial charge in [0.1, 0.15) is 0 Å². The van der Waals surface area contributed by atoms with Gasteiger partial charge < -0.3 is 10.4 Å². The van der Waals surface area contributed by atoms with Crippen molar-refractivity contribution in [2.45, 2.75) is 19.9 Å². The Morgan fingerprint density at radius 1 is 1.21 bits per heavy atom. The Bertz CT molecular complexity index is 246. The zero-order chi connectivity index (χ0) is 10.4. The maximum absolute atomic E-state index is 9.23. The average Bonchev–Trinajstić information content (AvgIpc) is 2.20. The lowest BCUT2D eigenvalue weighted by molar-refractivity contribution is 0.241. The van der Waals surface area contributed by atoms with Crippen molar-refractivity contribution in [3.63, 3.8) is 0 Å². The monoisotopic (exact) mass is 193 g/mol. The van der Waals surface area contributed by atoms with E-state index < -0.39 is 0 Å². The predicted molar refractivity (Wildman–Crippen MR) is 59.1 cm³/mol. The Balaban J connectivity index is 2.54. The van der Waals surface area contributed by atoms with Crippen LogP contribution in [0.1, 0.15) is 25.5 Å². The Hall–Kier alpha value is -0.860. The predicted octanol–water partition coefficient (Wildman–Crippen LogP) is 1.97. The van der Waals surface area contributed by atoms with Gasteiger partial charge in [0.25, 0.3) is 0 Å². The van der Waals surface area contributed by atoms with Gasteiger partial charge in [-0.05, 0) is 18.0 Å². The van der Waals surface area contributed by atoms with Crippen LogP contribution in [0.15, 0.2) is 30.3 Å². The fraction of sp³-hybridized carbons (Fsp3) is 0.500. The summed E-state index contributed by atoms with van der Waals surface area (Å²) in [5, 5.41) is 12.6. The number of benzene rings is 1. The summed E-state index contributed by atoms with van der Waals surface area (Å²) in [7, 11) is 0. The van der Waals surface area contributed by atoms with E-state index >= 15 is 0 Å². The summed E-state index contributed by atoms with van der Waals surface area (Å²) < 4.78 is 0. The number of rotatable bonds is 5. The minimum absolute atomic E-state index is 0.0681. The number of hydrogen-bond donors (Lipinski definition) is 2. The molecule has 0 spiro atoms. The molecule has 0 saturated heterocycles. The molecule has 0 aromatic heterocycles. The van der Waals surface area contributed by atoms with Crippen molar-refractivity contribution in [1.82, 2.24) is 5.32 Å². The molecule has 2 N–H and O–H groups in total. The maximum atomic E-state index is 9.23. The van der Waals surface area contributed by atoms with E-state index in [0.29, 0.717) is 5.92 Å². The second kappa shape index (κ2) is 5.78. The van der Waals surface area contributed by atoms with Crippen molar-refractivity contribution >= 4 is 0 Å². The minimum Gasteiger partial charge on any atom is -0.394 e. The van der Waals surface area contributed by atoms with Gasteiger partial charge in [0, 0.05) is 0 Å². The first-order valence-corrected chi connectivity index (χ1v) is 5.13. The van der Waals surface area contributed by atoms with Gasteiger partial charge in [-0.25, -0.2) is 0 Å². The highest BCUT2D eigenvalue weighted by atomic mass is 16.3. The summed E-state index contributed by atoms with van der Waals surface area (Å²) in [4.78, 5) is 0. The average molecular weight is 193 g/mol. The first-order valence-electron chi connectivity index (χ1n) is 5.13. The lowest BCUT2D eigenvalue weighted by Gasteiger charge is -2.17. The third kappa shape index (κ3) is 3.48. The van der Waals surface area contributed by atoms with Crippen molar-refractivity contribution < 1.29 is 5.11 Å². The van der Waals surface area contributed by atoms with Gasteiger partial charge in [0.05, 0.1) is 12.6 Å². The molecule has 0 heterocycles. The Morgan fingerprint density at radius 2 is 1.86 bits per heavy atom. The third-order valence-electron chi connectivity index (χ3n) is 2.16. The zero-order valence-corrected chi connectivity index (χ0v) is 8.90. The summed E-state index contributed by atoms with van der Waals surface area (Å²) in [6, 6.07) is 10.1. The molecule has 0 radical (unpaired) electrons. The van der Waals surface area contributed by atoms with Crippen LogP contribution in [0.5, 0.6) is 0 Å². The minimum atomic E-state index is 0.0681. The van der Waals surface area contributed by atoms with Crippen molar-refractivity contribution in [1.29, 1.82) is 0 Å². The summed E-state index contributed by atoms with van der Waals surface area (Å²) in [6.07, 6.45) is 0. The Labute approximate surface area is 86.0 Å². The zero-order valence-electron chi connectivity index (χ0n) is 8.90. The second-order valence-corrected chi connectivity index (χ2v) is 3.95. The van der Waals surface area contributed by atoms with Crippen LogP contribution in [0.25, 0.3) is 0 Å². The lowest BCUT2D eigenvalue weighted by atomic mass is 10.1. The molecule has 78 valence electrons. The van der Waals surface area contributed by atoms with E-state index in [9.17, 15) is 5.11 Å². The van der Waals surface area contributed by atoms with E-state index in [1.165, 1.54) is 0 Å². The summed E-state index contributed by atoms with van der Waals surface area (Å²) >= 11 is 0. The number of nitrogens with one attached hydrogen (secondary N) is 1. The van der Waals surface area contributed by atoms with E-state index in [1.807, 2.05) is 30.3 Å². The van der Waals surface area contributed by atoms with Gasteiger partial charge in [-0.3, -0.25) is 0 Å². The van der Waals surface area contributed by atoms with Crippen molar-refractivity contribution in [3.8, 4) is 0 Å². The van der Waals surface area contributed by atoms with Crippen LogP contribution in [0.4, 0.5) is 0 Å². The van der Waals surface area contributed by atoms with Crippen LogP contribution in [0.3, 0.4) is 0 Å². The van der Waals surface area contributed by atoms with E-state index in [0.717, 1.165) is 12.1 Å². The summed E-state index contributed by atoms with van der Waals surface area (Å²) in [5.74, 6) is 0.604. The fourth-order valence-electron chi connectivity index (χ4n) is 1.35. The molecule has 0 aliphatic rings. The molecule has 0 aliphatic heterocycles. The number of hydrogen-bond acceptors (Lipinski definition) is 2. The SMILES string of the molecule is CC(C)CN[C@H](CO)c1ccccc1. The quantitative estimate of drug-likeness (QED) is 0.749.